The van der Waals surface area contributed by atoms with Crippen molar-refractivity contribution in [2.45, 2.75) is 0 Å². The van der Waals surface area contributed by atoms with Gasteiger partial charge in [-0.25, -0.2) is 9.97 Å². The lowest BCUT2D eigenvalue weighted by Gasteiger charge is -2.20. The monoisotopic (exact) mass is 286 g/mol. The number of aromatic nitrogens is 2. The smallest absolute Gasteiger partial charge is 0.232 e. The number of carbonyl (C=O) groups excluding carboxylic acids is 1. The Labute approximate surface area is 120 Å². The highest BCUT2D eigenvalue weighted by Gasteiger charge is 2.47. The van der Waals surface area contributed by atoms with E-state index in [4.69, 9.17) is 0 Å². The van der Waals surface area contributed by atoms with Crippen molar-refractivity contribution in [3.63, 3.8) is 0 Å². The number of hydrogen-bond acceptors (Lipinski definition) is 5. The third kappa shape index (κ3) is 1.79. The Kier molecular flexibility index (Phi) is 2.70. The van der Waals surface area contributed by atoms with Gasteiger partial charge in [0.05, 0.1) is 11.6 Å². The van der Waals surface area contributed by atoms with Gasteiger partial charge in [-0.3, -0.25) is 4.79 Å². The standard InChI is InChI=1S/C14H14N4OS/c19-13-12-8-17(14-15-3-1-4-16-14)6-10(12)7-18(13)11-2-5-20-9-11/h1-5,9-10,12H,6-8H2/t10-,12-/m1/s1. The summed E-state index contributed by atoms with van der Waals surface area (Å²) in [7, 11) is 0. The third-order valence-corrected chi connectivity index (χ3v) is 4.76. The van der Waals surface area contributed by atoms with Crippen LogP contribution in [0.5, 0.6) is 0 Å². The molecule has 0 unspecified atom stereocenters. The molecule has 102 valence electrons. The van der Waals surface area contributed by atoms with E-state index in [0.717, 1.165) is 31.3 Å². The van der Waals surface area contributed by atoms with Gasteiger partial charge in [-0.2, -0.15) is 11.3 Å². The predicted octanol–water partition coefficient (Wildman–Crippen LogP) is 1.64. The SMILES string of the molecule is O=C1[C@@H]2CN(c3ncccn3)C[C@@H]2CN1c1ccsc1. The molecule has 0 saturated carbocycles. The van der Waals surface area contributed by atoms with E-state index in [0.29, 0.717) is 5.92 Å². The van der Waals surface area contributed by atoms with Crippen molar-refractivity contribution in [3.8, 4) is 0 Å². The maximum Gasteiger partial charge on any atom is 0.232 e. The first-order valence-corrected chi connectivity index (χ1v) is 7.63. The van der Waals surface area contributed by atoms with Crippen molar-refractivity contribution in [1.29, 1.82) is 0 Å². The second kappa shape index (κ2) is 4.56. The molecule has 2 aromatic heterocycles. The predicted molar refractivity (Wildman–Crippen MR) is 77.9 cm³/mol. The van der Waals surface area contributed by atoms with Crippen molar-refractivity contribution in [2.24, 2.45) is 11.8 Å². The Hall–Kier alpha value is -1.95. The molecule has 0 aliphatic carbocycles. The third-order valence-electron chi connectivity index (χ3n) is 4.09. The fraction of sp³-hybridized carbons (Fsp3) is 0.357. The summed E-state index contributed by atoms with van der Waals surface area (Å²) >= 11 is 1.63. The second-order valence-corrected chi connectivity index (χ2v) is 6.03. The molecule has 20 heavy (non-hydrogen) atoms. The average molecular weight is 286 g/mol. The van der Waals surface area contributed by atoms with Gasteiger partial charge < -0.3 is 9.80 Å². The van der Waals surface area contributed by atoms with Gasteiger partial charge in [0, 0.05) is 43.3 Å². The van der Waals surface area contributed by atoms with Gasteiger partial charge in [-0.1, -0.05) is 0 Å². The Bertz CT molecular complexity index is 615. The summed E-state index contributed by atoms with van der Waals surface area (Å²) in [6.45, 7) is 2.40. The minimum atomic E-state index is 0.0821. The van der Waals surface area contributed by atoms with Gasteiger partial charge in [0.1, 0.15) is 0 Å². The molecule has 0 spiro atoms. The Morgan fingerprint density at radius 2 is 2.05 bits per heavy atom. The Morgan fingerprint density at radius 1 is 1.20 bits per heavy atom. The molecule has 4 heterocycles. The maximum absolute atomic E-state index is 12.5. The van der Waals surface area contributed by atoms with Crippen LogP contribution in [0.4, 0.5) is 11.6 Å². The molecular formula is C14H14N4OS. The first kappa shape index (κ1) is 11.8. The van der Waals surface area contributed by atoms with Crippen molar-refractivity contribution in [2.75, 3.05) is 29.4 Å². The zero-order valence-electron chi connectivity index (χ0n) is 10.8. The van der Waals surface area contributed by atoms with Gasteiger partial charge in [-0.15, -0.1) is 0 Å². The van der Waals surface area contributed by atoms with E-state index >= 15 is 0 Å². The summed E-state index contributed by atoms with van der Waals surface area (Å²) < 4.78 is 0. The fourth-order valence-electron chi connectivity index (χ4n) is 3.12. The molecule has 4 rings (SSSR count). The van der Waals surface area contributed by atoms with Gasteiger partial charge in [-0.05, 0) is 17.5 Å². The molecule has 2 aliphatic rings. The quantitative estimate of drug-likeness (QED) is 0.842. The average Bonchev–Trinajstić information content (AvgIpc) is 3.18. The normalized spacial score (nSPS) is 25.3. The van der Waals surface area contributed by atoms with Gasteiger partial charge >= 0.3 is 0 Å². The van der Waals surface area contributed by atoms with E-state index < -0.39 is 0 Å². The van der Waals surface area contributed by atoms with Crippen molar-refractivity contribution in [3.05, 3.63) is 35.3 Å². The molecule has 1 amide bonds. The number of thiophene rings is 1. The first-order chi connectivity index (χ1) is 9.83. The van der Waals surface area contributed by atoms with Crippen molar-refractivity contribution < 1.29 is 4.79 Å². The van der Waals surface area contributed by atoms with Gasteiger partial charge in [0.2, 0.25) is 11.9 Å². The summed E-state index contributed by atoms with van der Waals surface area (Å²) in [6, 6.07) is 3.82. The van der Waals surface area contributed by atoms with Crippen LogP contribution in [0.15, 0.2) is 35.3 Å². The van der Waals surface area contributed by atoms with E-state index in [-0.39, 0.29) is 11.8 Å². The summed E-state index contributed by atoms with van der Waals surface area (Å²) in [5.74, 6) is 1.44. The minimum Gasteiger partial charge on any atom is -0.340 e. The lowest BCUT2D eigenvalue weighted by atomic mass is 10.0. The van der Waals surface area contributed by atoms with Crippen LogP contribution in [0, 0.1) is 11.8 Å². The lowest BCUT2D eigenvalue weighted by Crippen LogP contribution is -2.33. The molecule has 2 saturated heterocycles. The Morgan fingerprint density at radius 3 is 2.75 bits per heavy atom. The number of hydrogen-bond donors (Lipinski definition) is 0. The maximum atomic E-state index is 12.5. The fourth-order valence-corrected chi connectivity index (χ4v) is 3.76. The van der Waals surface area contributed by atoms with Crippen LogP contribution in [0.1, 0.15) is 0 Å². The van der Waals surface area contributed by atoms with E-state index in [2.05, 4.69) is 14.9 Å². The zero-order chi connectivity index (χ0) is 13.5. The van der Waals surface area contributed by atoms with E-state index in [1.165, 1.54) is 0 Å². The minimum absolute atomic E-state index is 0.0821. The largest absolute Gasteiger partial charge is 0.340 e. The van der Waals surface area contributed by atoms with Crippen LogP contribution < -0.4 is 9.80 Å². The highest BCUT2D eigenvalue weighted by Crippen LogP contribution is 2.36. The summed E-state index contributed by atoms with van der Waals surface area (Å²) in [6.07, 6.45) is 3.49. The summed E-state index contributed by atoms with van der Waals surface area (Å²) in [5, 5.41) is 4.05. The molecule has 2 aliphatic heterocycles. The van der Waals surface area contributed by atoms with Crippen LogP contribution in [-0.2, 0) is 4.79 Å². The number of fused-ring (bicyclic) bond motifs is 1. The molecule has 0 aromatic carbocycles. The summed E-state index contributed by atoms with van der Waals surface area (Å²) in [5.41, 5.74) is 1.04. The van der Waals surface area contributed by atoms with Crippen LogP contribution in [-0.4, -0.2) is 35.5 Å². The summed E-state index contributed by atoms with van der Waals surface area (Å²) in [4.78, 5) is 25.1. The van der Waals surface area contributed by atoms with Crippen molar-refractivity contribution in [1.82, 2.24) is 9.97 Å². The molecule has 6 heteroatoms. The lowest BCUT2D eigenvalue weighted by molar-refractivity contribution is -0.120. The molecule has 0 N–H and O–H groups in total. The van der Waals surface area contributed by atoms with Crippen LogP contribution in [0.2, 0.25) is 0 Å². The van der Waals surface area contributed by atoms with Gasteiger partial charge in [0.15, 0.2) is 0 Å². The number of anilines is 2. The molecule has 0 bridgehead atoms. The zero-order valence-corrected chi connectivity index (χ0v) is 11.7. The second-order valence-electron chi connectivity index (χ2n) is 5.25. The van der Waals surface area contributed by atoms with Crippen LogP contribution >= 0.6 is 11.3 Å². The number of rotatable bonds is 2. The number of amides is 1. The molecule has 0 radical (unpaired) electrons. The topological polar surface area (TPSA) is 49.3 Å². The molecular weight excluding hydrogens is 272 g/mol. The highest BCUT2D eigenvalue weighted by atomic mass is 32.1. The molecule has 5 nitrogen and oxygen atoms in total. The van der Waals surface area contributed by atoms with Gasteiger partial charge in [0.25, 0.3) is 0 Å². The van der Waals surface area contributed by atoms with E-state index in [1.807, 2.05) is 27.8 Å². The van der Waals surface area contributed by atoms with Crippen LogP contribution in [0.25, 0.3) is 0 Å². The number of carbonyl (C=O) groups is 1. The highest BCUT2D eigenvalue weighted by molar-refractivity contribution is 7.08. The molecule has 2 fully saturated rings. The number of nitrogens with zero attached hydrogens (tertiary/aromatic N) is 4. The molecule has 2 aromatic rings. The molecule has 2 atom stereocenters. The van der Waals surface area contributed by atoms with E-state index in [9.17, 15) is 4.79 Å². The van der Waals surface area contributed by atoms with Crippen molar-refractivity contribution >= 4 is 28.9 Å². The first-order valence-electron chi connectivity index (χ1n) is 6.68. The Balaban J connectivity index is 1.53. The van der Waals surface area contributed by atoms with E-state index in [1.54, 1.807) is 23.7 Å². The van der Waals surface area contributed by atoms with Crippen LogP contribution in [0.3, 0.4) is 0 Å².